The van der Waals surface area contributed by atoms with Crippen molar-refractivity contribution in [3.8, 4) is 0 Å². The van der Waals surface area contributed by atoms with E-state index in [0.29, 0.717) is 0 Å². The number of rotatable bonds is 4. The zero-order chi connectivity index (χ0) is 12.8. The predicted molar refractivity (Wildman–Crippen MR) is 71.5 cm³/mol. The van der Waals surface area contributed by atoms with Crippen LogP contribution in [0.25, 0.3) is 0 Å². The van der Waals surface area contributed by atoms with E-state index in [4.69, 9.17) is 4.74 Å². The van der Waals surface area contributed by atoms with Crippen LogP contribution in [0.2, 0.25) is 0 Å². The van der Waals surface area contributed by atoms with Crippen LogP contribution in [-0.2, 0) is 9.53 Å². The average molecular weight is 241 g/mol. The molecule has 3 nitrogen and oxygen atoms in total. The van der Waals surface area contributed by atoms with Crippen molar-refractivity contribution in [2.24, 2.45) is 10.9 Å². The minimum atomic E-state index is -0.585. The normalized spacial score (nSPS) is 16.3. The number of nitrogens with zero attached hydrogens (tertiary/aromatic N) is 1. The smallest absolute Gasteiger partial charge is 0.335 e. The van der Waals surface area contributed by atoms with Crippen molar-refractivity contribution in [2.45, 2.75) is 6.04 Å². The first-order chi connectivity index (χ1) is 8.81. The number of carbonyl (C=O) groups excluding carboxylic acids is 1. The molecule has 92 valence electrons. The summed E-state index contributed by atoms with van der Waals surface area (Å²) in [5.41, 5.74) is 0.839. The van der Waals surface area contributed by atoms with Gasteiger partial charge in [0.25, 0.3) is 0 Å². The molecule has 0 bridgehead atoms. The highest BCUT2D eigenvalue weighted by molar-refractivity contribution is 5.80. The van der Waals surface area contributed by atoms with E-state index in [2.05, 4.69) is 4.99 Å². The Morgan fingerprint density at radius 3 is 2.56 bits per heavy atom. The van der Waals surface area contributed by atoms with Gasteiger partial charge in [-0.05, 0) is 5.56 Å². The van der Waals surface area contributed by atoms with Crippen LogP contribution in [0.1, 0.15) is 11.6 Å². The monoisotopic (exact) mass is 241 g/mol. The van der Waals surface area contributed by atoms with Crippen LogP contribution in [0.4, 0.5) is 0 Å². The second-order valence-electron chi connectivity index (χ2n) is 3.98. The summed E-state index contributed by atoms with van der Waals surface area (Å²) < 4.78 is 4.79. The van der Waals surface area contributed by atoms with E-state index in [1.165, 1.54) is 7.11 Å². The van der Waals surface area contributed by atoms with E-state index in [0.717, 1.165) is 5.56 Å². The predicted octanol–water partition coefficient (Wildman–Crippen LogP) is 2.71. The van der Waals surface area contributed by atoms with Crippen molar-refractivity contribution in [1.82, 2.24) is 0 Å². The quantitative estimate of drug-likeness (QED) is 0.600. The highest BCUT2D eigenvalue weighted by Crippen LogP contribution is 2.19. The lowest BCUT2D eigenvalue weighted by atomic mass is 10.1. The second kappa shape index (κ2) is 5.96. The van der Waals surface area contributed by atoms with Gasteiger partial charge in [0.15, 0.2) is 6.04 Å². The van der Waals surface area contributed by atoms with Gasteiger partial charge in [-0.15, -0.1) is 0 Å². The van der Waals surface area contributed by atoms with Crippen LogP contribution < -0.4 is 0 Å². The molecule has 0 aromatic heterocycles. The molecule has 0 spiro atoms. The first-order valence-corrected chi connectivity index (χ1v) is 5.82. The molecular formula is C15H15NO2. The molecule has 2 rings (SSSR count). The van der Waals surface area contributed by atoms with Crippen molar-refractivity contribution in [3.05, 3.63) is 60.2 Å². The lowest BCUT2D eigenvalue weighted by molar-refractivity contribution is -0.142. The fourth-order valence-corrected chi connectivity index (χ4v) is 1.76. The molecule has 0 N–H and O–H groups in total. The highest BCUT2D eigenvalue weighted by Gasteiger charge is 2.19. The van der Waals surface area contributed by atoms with Gasteiger partial charge in [0.2, 0.25) is 0 Å². The van der Waals surface area contributed by atoms with Crippen molar-refractivity contribution < 1.29 is 9.53 Å². The molecule has 0 saturated heterocycles. The summed E-state index contributed by atoms with van der Waals surface area (Å²) in [4.78, 5) is 16.1. The van der Waals surface area contributed by atoms with Crippen LogP contribution in [0.3, 0.4) is 0 Å². The summed E-state index contributed by atoms with van der Waals surface area (Å²) in [7, 11) is 1.38. The minimum absolute atomic E-state index is 0.167. The lowest BCUT2D eigenvalue weighted by Crippen LogP contribution is -2.13. The number of ether oxygens (including phenoxy) is 1. The Morgan fingerprint density at radius 2 is 1.94 bits per heavy atom. The number of methoxy groups -OCH3 is 1. The van der Waals surface area contributed by atoms with E-state index >= 15 is 0 Å². The second-order valence-corrected chi connectivity index (χ2v) is 3.98. The summed E-state index contributed by atoms with van der Waals surface area (Å²) in [5.74, 6) is -0.177. The Labute approximate surface area is 107 Å². The number of allylic oxidation sites excluding steroid dienone is 4. The van der Waals surface area contributed by atoms with Crippen LogP contribution in [0.15, 0.2) is 59.6 Å². The molecule has 1 aromatic rings. The first kappa shape index (κ1) is 12.3. The third-order valence-electron chi connectivity index (χ3n) is 2.72. The molecule has 1 aliphatic rings. The van der Waals surface area contributed by atoms with Crippen LogP contribution in [0, 0.1) is 5.92 Å². The molecular weight excluding hydrogens is 226 g/mol. The molecule has 3 heteroatoms. The number of aliphatic imine (C=N–C) groups is 1. The Balaban J connectivity index is 2.18. The van der Waals surface area contributed by atoms with Gasteiger partial charge in [-0.25, -0.2) is 4.79 Å². The van der Waals surface area contributed by atoms with Gasteiger partial charge in [0.05, 0.1) is 7.11 Å². The SMILES string of the molecule is COC(=O)[C@@H](N=CC1C=CC=C1)c1ccccc1. The number of carbonyl (C=O) groups is 1. The van der Waals surface area contributed by atoms with Gasteiger partial charge < -0.3 is 4.74 Å². The van der Waals surface area contributed by atoms with E-state index < -0.39 is 6.04 Å². The van der Waals surface area contributed by atoms with Crippen molar-refractivity contribution in [1.29, 1.82) is 0 Å². The standard InChI is InChI=1S/C15H15NO2/c1-18-15(17)14(13-9-3-2-4-10-13)16-11-12-7-5-6-8-12/h2-12,14H,1H3/t14-/m0/s1. The molecule has 0 saturated carbocycles. The zero-order valence-electron chi connectivity index (χ0n) is 10.2. The topological polar surface area (TPSA) is 38.7 Å². The fraction of sp³-hybridized carbons (Fsp3) is 0.200. The number of esters is 1. The van der Waals surface area contributed by atoms with Crippen LogP contribution in [0.5, 0.6) is 0 Å². The summed E-state index contributed by atoms with van der Waals surface area (Å²) in [6.07, 6.45) is 9.74. The number of hydrogen-bond acceptors (Lipinski definition) is 3. The Kier molecular flexibility index (Phi) is 4.07. The minimum Gasteiger partial charge on any atom is -0.467 e. The molecule has 1 atom stereocenters. The molecule has 0 aliphatic heterocycles. The number of benzene rings is 1. The maximum Gasteiger partial charge on any atom is 0.335 e. The van der Waals surface area contributed by atoms with Gasteiger partial charge in [-0.3, -0.25) is 4.99 Å². The van der Waals surface area contributed by atoms with Crippen molar-refractivity contribution >= 4 is 12.2 Å². The Hall–Kier alpha value is -2.16. The van der Waals surface area contributed by atoms with E-state index in [-0.39, 0.29) is 11.9 Å². The molecule has 0 fully saturated rings. The largest absolute Gasteiger partial charge is 0.467 e. The molecule has 0 heterocycles. The summed E-state index contributed by atoms with van der Waals surface area (Å²) >= 11 is 0. The average Bonchev–Trinajstić information content (AvgIpc) is 2.93. The fourth-order valence-electron chi connectivity index (χ4n) is 1.76. The van der Waals surface area contributed by atoms with E-state index in [9.17, 15) is 4.79 Å². The maximum atomic E-state index is 11.7. The Bertz CT molecular complexity index is 476. The first-order valence-electron chi connectivity index (χ1n) is 5.82. The van der Waals surface area contributed by atoms with Crippen molar-refractivity contribution in [2.75, 3.05) is 7.11 Å². The van der Waals surface area contributed by atoms with Gasteiger partial charge >= 0.3 is 5.97 Å². The summed E-state index contributed by atoms with van der Waals surface area (Å²) in [6.45, 7) is 0. The molecule has 1 aromatic carbocycles. The maximum absolute atomic E-state index is 11.7. The van der Waals surface area contributed by atoms with Gasteiger partial charge in [0.1, 0.15) is 0 Å². The third kappa shape index (κ3) is 2.94. The van der Waals surface area contributed by atoms with E-state index in [1.54, 1.807) is 6.21 Å². The lowest BCUT2D eigenvalue weighted by Gasteiger charge is -2.10. The van der Waals surface area contributed by atoms with Crippen LogP contribution in [-0.4, -0.2) is 19.3 Å². The molecule has 18 heavy (non-hydrogen) atoms. The Morgan fingerprint density at radius 1 is 1.28 bits per heavy atom. The zero-order valence-corrected chi connectivity index (χ0v) is 10.2. The highest BCUT2D eigenvalue weighted by atomic mass is 16.5. The summed E-state index contributed by atoms with van der Waals surface area (Å²) in [5, 5.41) is 0. The molecule has 0 unspecified atom stereocenters. The molecule has 1 aliphatic carbocycles. The molecule has 0 amide bonds. The van der Waals surface area contributed by atoms with E-state index in [1.807, 2.05) is 54.6 Å². The molecule has 0 radical (unpaired) electrons. The van der Waals surface area contributed by atoms with Gasteiger partial charge in [0, 0.05) is 12.1 Å². The van der Waals surface area contributed by atoms with Crippen LogP contribution >= 0.6 is 0 Å². The third-order valence-corrected chi connectivity index (χ3v) is 2.72. The van der Waals surface area contributed by atoms with Gasteiger partial charge in [-0.2, -0.15) is 0 Å². The van der Waals surface area contributed by atoms with Gasteiger partial charge in [-0.1, -0.05) is 54.6 Å². The number of hydrogen-bond donors (Lipinski definition) is 0. The summed E-state index contributed by atoms with van der Waals surface area (Å²) in [6, 6.07) is 8.84. The van der Waals surface area contributed by atoms with Crippen molar-refractivity contribution in [3.63, 3.8) is 0 Å².